The van der Waals surface area contributed by atoms with Crippen molar-refractivity contribution in [1.29, 1.82) is 0 Å². The van der Waals surface area contributed by atoms with Crippen molar-refractivity contribution >= 4 is 50.9 Å². The molecule has 0 bridgehead atoms. The average Bonchev–Trinajstić information content (AvgIpc) is 2.67. The van der Waals surface area contributed by atoms with E-state index in [-0.39, 0.29) is 40.0 Å². The summed E-state index contributed by atoms with van der Waals surface area (Å²) in [7, 11) is 0. The predicted octanol–water partition coefficient (Wildman–Crippen LogP) is 5.96. The fourth-order valence-corrected chi connectivity index (χ4v) is 4.97. The minimum atomic E-state index is -1.17. The molecule has 1 amide bonds. The molecule has 2 aromatic rings. The molecule has 7 heteroatoms. The molecule has 4 rings (SSSR count). The molecule has 1 aliphatic heterocycles. The van der Waals surface area contributed by atoms with Crippen molar-refractivity contribution in [3.63, 3.8) is 0 Å². The molecule has 1 atom stereocenters. The summed E-state index contributed by atoms with van der Waals surface area (Å²) >= 11 is 9.46. The van der Waals surface area contributed by atoms with Crippen molar-refractivity contribution in [2.24, 2.45) is 5.41 Å². The number of halogens is 2. The quantitative estimate of drug-likeness (QED) is 0.561. The summed E-state index contributed by atoms with van der Waals surface area (Å²) in [6.45, 7) is 4.01. The van der Waals surface area contributed by atoms with Crippen molar-refractivity contribution in [2.75, 3.05) is 4.90 Å². The maximum absolute atomic E-state index is 13.4. The number of nitrogens with zero attached hydrogens (tertiary/aromatic N) is 1. The first kappa shape index (κ1) is 21.8. The topological polar surface area (TPSA) is 74.7 Å². The lowest BCUT2D eigenvalue weighted by Gasteiger charge is -2.43. The number of aromatic carboxylic acids is 1. The number of carbonyl (C=O) groups is 3. The normalized spacial score (nSPS) is 20.6. The van der Waals surface area contributed by atoms with E-state index in [1.54, 1.807) is 6.07 Å². The fourth-order valence-electron chi connectivity index (χ4n) is 4.51. The number of carboxylic acids is 1. The van der Waals surface area contributed by atoms with Crippen molar-refractivity contribution in [3.8, 4) is 0 Å². The van der Waals surface area contributed by atoms with Gasteiger partial charge in [0.05, 0.1) is 10.6 Å². The van der Waals surface area contributed by atoms with Gasteiger partial charge in [-0.3, -0.25) is 14.5 Å². The molecule has 160 valence electrons. The third kappa shape index (κ3) is 4.06. The van der Waals surface area contributed by atoms with Gasteiger partial charge in [0, 0.05) is 40.2 Å². The van der Waals surface area contributed by atoms with Crippen molar-refractivity contribution in [2.45, 2.75) is 39.0 Å². The van der Waals surface area contributed by atoms with Gasteiger partial charge >= 0.3 is 5.97 Å². The molecule has 2 aromatic carbocycles. The molecule has 1 unspecified atom stereocenters. The highest BCUT2D eigenvalue weighted by molar-refractivity contribution is 9.10. The number of benzene rings is 2. The number of carbonyl (C=O) groups excluding carboxylic acids is 2. The Balaban J connectivity index is 1.90. The number of rotatable bonds is 3. The Morgan fingerprint density at radius 2 is 1.81 bits per heavy atom. The molecule has 5 nitrogen and oxygen atoms in total. The largest absolute Gasteiger partial charge is 0.478 e. The average molecular weight is 503 g/mol. The first-order valence-corrected chi connectivity index (χ1v) is 11.1. The molecule has 1 aliphatic carbocycles. The highest BCUT2D eigenvalue weighted by Gasteiger charge is 2.44. The van der Waals surface area contributed by atoms with Gasteiger partial charge in [-0.2, -0.15) is 0 Å². The van der Waals surface area contributed by atoms with E-state index in [9.17, 15) is 19.5 Å². The summed E-state index contributed by atoms with van der Waals surface area (Å²) in [6, 6.07) is 12.2. The number of Topliss-reactive ketones (excluding diaryl/α,β-unsaturated/α-hetero) is 1. The summed E-state index contributed by atoms with van der Waals surface area (Å²) in [5.41, 5.74) is 2.25. The molecule has 0 fully saturated rings. The third-order valence-corrected chi connectivity index (χ3v) is 6.71. The summed E-state index contributed by atoms with van der Waals surface area (Å²) in [4.78, 5) is 39.8. The molecular formula is C24H21BrClNO4. The van der Waals surface area contributed by atoms with E-state index < -0.39 is 5.97 Å². The van der Waals surface area contributed by atoms with E-state index in [4.69, 9.17) is 11.6 Å². The molecule has 1 N–H and O–H groups in total. The predicted molar refractivity (Wildman–Crippen MR) is 122 cm³/mol. The lowest BCUT2D eigenvalue weighted by molar-refractivity contribution is -0.121. The van der Waals surface area contributed by atoms with Crippen LogP contribution in [-0.2, 0) is 9.59 Å². The highest BCUT2D eigenvalue weighted by atomic mass is 79.9. The summed E-state index contributed by atoms with van der Waals surface area (Å²) in [5, 5.41) is 9.57. The summed E-state index contributed by atoms with van der Waals surface area (Å²) in [6.07, 6.45) is 1.08. The van der Waals surface area contributed by atoms with Gasteiger partial charge in [0.15, 0.2) is 5.78 Å². The Morgan fingerprint density at radius 1 is 1.13 bits per heavy atom. The van der Waals surface area contributed by atoms with Crippen LogP contribution < -0.4 is 4.90 Å². The summed E-state index contributed by atoms with van der Waals surface area (Å²) in [5.74, 6) is -1.63. The first-order valence-electron chi connectivity index (χ1n) is 9.95. The number of allylic oxidation sites excluding steroid dienone is 2. The van der Waals surface area contributed by atoms with Crippen LogP contribution in [0.4, 0.5) is 5.69 Å². The molecule has 31 heavy (non-hydrogen) atoms. The van der Waals surface area contributed by atoms with E-state index in [0.29, 0.717) is 29.8 Å². The van der Waals surface area contributed by atoms with E-state index >= 15 is 0 Å². The van der Waals surface area contributed by atoms with Gasteiger partial charge in [0.1, 0.15) is 0 Å². The number of amides is 1. The Kier molecular flexibility index (Phi) is 5.56. The molecule has 0 radical (unpaired) electrons. The SMILES string of the molecule is CC1(C)CC(=O)C2=C(C1)N(c1ccc(Cl)c(C(=O)O)c1)C(=O)CC2c1ccc(Br)cc1. The van der Waals surface area contributed by atoms with E-state index in [1.165, 1.54) is 17.0 Å². The van der Waals surface area contributed by atoms with Gasteiger partial charge in [-0.05, 0) is 47.7 Å². The van der Waals surface area contributed by atoms with Crippen LogP contribution in [0.15, 0.2) is 58.2 Å². The standard InChI is InChI=1S/C24H21BrClNO4/c1-24(2)11-19-22(20(28)12-24)16(13-3-5-14(25)6-4-13)10-21(29)27(19)15-7-8-18(26)17(9-15)23(30)31/h3-9,16H,10-12H2,1-2H3,(H,30,31). The zero-order valence-electron chi connectivity index (χ0n) is 17.1. The number of hydrogen-bond acceptors (Lipinski definition) is 3. The number of carboxylic acid groups (broad SMARTS) is 1. The number of hydrogen-bond donors (Lipinski definition) is 1. The van der Waals surface area contributed by atoms with Crippen LogP contribution in [0.3, 0.4) is 0 Å². The third-order valence-electron chi connectivity index (χ3n) is 5.85. The van der Waals surface area contributed by atoms with Crippen LogP contribution in [0.5, 0.6) is 0 Å². The highest BCUT2D eigenvalue weighted by Crippen LogP contribution is 2.48. The van der Waals surface area contributed by atoms with Crippen LogP contribution in [0.1, 0.15) is 54.9 Å². The molecule has 0 saturated heterocycles. The van der Waals surface area contributed by atoms with Gasteiger partial charge < -0.3 is 5.11 Å². The maximum Gasteiger partial charge on any atom is 0.337 e. The van der Waals surface area contributed by atoms with Gasteiger partial charge in [-0.25, -0.2) is 4.79 Å². The zero-order valence-corrected chi connectivity index (χ0v) is 19.5. The fraction of sp³-hybridized carbons (Fsp3) is 0.292. The van der Waals surface area contributed by atoms with Gasteiger partial charge in [0.2, 0.25) is 5.91 Å². The first-order chi connectivity index (χ1) is 14.6. The van der Waals surface area contributed by atoms with Crippen LogP contribution in [0.25, 0.3) is 0 Å². The minimum absolute atomic E-state index is 0.0316. The van der Waals surface area contributed by atoms with Crippen LogP contribution in [-0.4, -0.2) is 22.8 Å². The lowest BCUT2D eigenvalue weighted by Crippen LogP contribution is -2.43. The Morgan fingerprint density at radius 3 is 2.45 bits per heavy atom. The van der Waals surface area contributed by atoms with Crippen LogP contribution in [0, 0.1) is 5.41 Å². The van der Waals surface area contributed by atoms with E-state index in [0.717, 1.165) is 10.0 Å². The molecule has 2 aliphatic rings. The van der Waals surface area contributed by atoms with Crippen molar-refractivity contribution in [1.82, 2.24) is 0 Å². The van der Waals surface area contributed by atoms with Crippen LogP contribution in [0.2, 0.25) is 5.02 Å². The second-order valence-corrected chi connectivity index (χ2v) is 10.1. The second-order valence-electron chi connectivity index (χ2n) is 8.81. The number of ketones is 1. The Bertz CT molecular complexity index is 1140. The van der Waals surface area contributed by atoms with E-state index in [1.807, 2.05) is 38.1 Å². The molecule has 0 spiro atoms. The Hall–Kier alpha value is -2.44. The molecule has 0 aromatic heterocycles. The van der Waals surface area contributed by atoms with Crippen molar-refractivity contribution in [3.05, 3.63) is 74.4 Å². The molecule has 0 saturated carbocycles. The minimum Gasteiger partial charge on any atom is -0.478 e. The monoisotopic (exact) mass is 501 g/mol. The Labute approximate surface area is 193 Å². The van der Waals surface area contributed by atoms with Crippen molar-refractivity contribution < 1.29 is 19.5 Å². The van der Waals surface area contributed by atoms with Crippen LogP contribution >= 0.6 is 27.5 Å². The lowest BCUT2D eigenvalue weighted by atomic mass is 9.69. The smallest absolute Gasteiger partial charge is 0.337 e. The maximum atomic E-state index is 13.4. The molecule has 1 heterocycles. The molecular weight excluding hydrogens is 482 g/mol. The van der Waals surface area contributed by atoms with Gasteiger partial charge in [0.25, 0.3) is 0 Å². The van der Waals surface area contributed by atoms with E-state index in [2.05, 4.69) is 15.9 Å². The number of anilines is 1. The summed E-state index contributed by atoms with van der Waals surface area (Å²) < 4.78 is 0.924. The van der Waals surface area contributed by atoms with Gasteiger partial charge in [-0.15, -0.1) is 0 Å². The second kappa shape index (κ2) is 7.92. The van der Waals surface area contributed by atoms with Gasteiger partial charge in [-0.1, -0.05) is 53.5 Å². The zero-order chi connectivity index (χ0) is 22.5.